The molecule has 2 fully saturated rings. The van der Waals surface area contributed by atoms with Crippen LogP contribution in [0.2, 0.25) is 0 Å². The number of phenolic OH excluding ortho intramolecular Hbond substituents is 1. The molecular formula is C35H42N2O4. The van der Waals surface area contributed by atoms with Gasteiger partial charge < -0.3 is 19.6 Å². The van der Waals surface area contributed by atoms with Gasteiger partial charge in [0.2, 0.25) is 5.91 Å². The molecule has 2 atom stereocenters. The minimum atomic E-state index is -0.619. The first kappa shape index (κ1) is 28.7. The maximum Gasteiger partial charge on any atom is 0.410 e. The standard InChI is InChI=1S/C35H42N2O4/c1-23-10-9-13-26(24(23)2)21-37(29-14-15-29)33(39)32-22-36(34(40)41-35(3,4)5)17-16-31(32)28-18-27(19-30(38)20-28)25-11-7-6-8-12-25/h6-13,18-20,29,31-32,38H,14-17,21-22H2,1-5H3/t31-,32?/m1/s1. The summed E-state index contributed by atoms with van der Waals surface area (Å²) < 4.78 is 5.71. The van der Waals surface area contributed by atoms with Crippen LogP contribution < -0.4 is 0 Å². The Labute approximate surface area is 243 Å². The van der Waals surface area contributed by atoms with Gasteiger partial charge >= 0.3 is 6.09 Å². The number of carbonyl (C=O) groups is 2. The third kappa shape index (κ3) is 6.75. The van der Waals surface area contributed by atoms with E-state index in [1.54, 1.807) is 17.0 Å². The molecule has 3 aromatic rings. The van der Waals surface area contributed by atoms with Crippen LogP contribution in [0.1, 0.15) is 68.2 Å². The Hall–Kier alpha value is -3.80. The Kier molecular flexibility index (Phi) is 8.12. The van der Waals surface area contributed by atoms with E-state index >= 15 is 0 Å². The monoisotopic (exact) mass is 554 g/mol. The lowest BCUT2D eigenvalue weighted by molar-refractivity contribution is -0.139. The fourth-order valence-corrected chi connectivity index (χ4v) is 5.89. The molecular weight excluding hydrogens is 512 g/mol. The number of phenols is 1. The summed E-state index contributed by atoms with van der Waals surface area (Å²) in [4.78, 5) is 31.4. The Balaban J connectivity index is 1.50. The highest BCUT2D eigenvalue weighted by Gasteiger charge is 2.43. The van der Waals surface area contributed by atoms with Crippen molar-refractivity contribution in [3.63, 3.8) is 0 Å². The molecule has 1 aliphatic carbocycles. The lowest BCUT2D eigenvalue weighted by Gasteiger charge is -2.41. The molecule has 1 saturated carbocycles. The highest BCUT2D eigenvalue weighted by Crippen LogP contribution is 2.40. The maximum absolute atomic E-state index is 14.5. The second-order valence-corrected chi connectivity index (χ2v) is 12.7. The molecule has 3 aromatic carbocycles. The molecule has 0 bridgehead atoms. The largest absolute Gasteiger partial charge is 0.508 e. The number of rotatable bonds is 6. The third-order valence-corrected chi connectivity index (χ3v) is 8.39. The summed E-state index contributed by atoms with van der Waals surface area (Å²) in [6.45, 7) is 11.1. The Bertz CT molecular complexity index is 1410. The Morgan fingerprint density at radius 3 is 2.37 bits per heavy atom. The van der Waals surface area contributed by atoms with Gasteiger partial charge in [0.05, 0.1) is 5.92 Å². The van der Waals surface area contributed by atoms with Crippen LogP contribution in [-0.2, 0) is 16.1 Å². The second-order valence-electron chi connectivity index (χ2n) is 12.7. The van der Waals surface area contributed by atoms with E-state index in [9.17, 15) is 14.7 Å². The zero-order valence-corrected chi connectivity index (χ0v) is 24.9. The molecule has 0 aromatic heterocycles. The normalized spacial score (nSPS) is 19.1. The molecule has 6 nitrogen and oxygen atoms in total. The van der Waals surface area contributed by atoms with Crippen LogP contribution in [0.25, 0.3) is 11.1 Å². The molecule has 41 heavy (non-hydrogen) atoms. The van der Waals surface area contributed by atoms with Gasteiger partial charge in [-0.05, 0) is 105 Å². The van der Waals surface area contributed by atoms with Crippen LogP contribution in [0.15, 0.2) is 66.7 Å². The van der Waals surface area contributed by atoms with Crippen molar-refractivity contribution in [2.45, 2.75) is 78.0 Å². The summed E-state index contributed by atoms with van der Waals surface area (Å²) in [5.41, 5.74) is 5.81. The minimum Gasteiger partial charge on any atom is -0.508 e. The van der Waals surface area contributed by atoms with Gasteiger partial charge in [-0.15, -0.1) is 0 Å². The van der Waals surface area contributed by atoms with Crippen molar-refractivity contribution < 1.29 is 19.4 Å². The highest BCUT2D eigenvalue weighted by molar-refractivity contribution is 5.82. The summed E-state index contributed by atoms with van der Waals surface area (Å²) in [5.74, 6) is -0.351. The lowest BCUT2D eigenvalue weighted by atomic mass is 9.78. The van der Waals surface area contributed by atoms with E-state index in [-0.39, 0.29) is 36.3 Å². The summed E-state index contributed by atoms with van der Waals surface area (Å²) in [6, 6.07) is 22.1. The van der Waals surface area contributed by atoms with E-state index in [1.165, 1.54) is 11.1 Å². The highest BCUT2D eigenvalue weighted by atomic mass is 16.6. The van der Waals surface area contributed by atoms with Gasteiger partial charge in [-0.25, -0.2) is 4.79 Å². The number of ether oxygens (including phenoxy) is 1. The predicted octanol–water partition coefficient (Wildman–Crippen LogP) is 7.21. The molecule has 2 aliphatic rings. The van der Waals surface area contributed by atoms with E-state index in [4.69, 9.17) is 4.74 Å². The number of likely N-dealkylation sites (tertiary alicyclic amines) is 1. The fraction of sp³-hybridized carbons (Fsp3) is 0.429. The summed E-state index contributed by atoms with van der Waals surface area (Å²) >= 11 is 0. The van der Waals surface area contributed by atoms with Gasteiger partial charge in [0.1, 0.15) is 11.4 Å². The smallest absolute Gasteiger partial charge is 0.410 e. The van der Waals surface area contributed by atoms with Crippen LogP contribution >= 0.6 is 0 Å². The summed E-state index contributed by atoms with van der Waals surface area (Å²) in [7, 11) is 0. The van der Waals surface area contributed by atoms with E-state index in [0.29, 0.717) is 19.5 Å². The molecule has 216 valence electrons. The summed E-state index contributed by atoms with van der Waals surface area (Å²) in [5, 5.41) is 10.8. The minimum absolute atomic E-state index is 0.0660. The lowest BCUT2D eigenvalue weighted by Crippen LogP contribution is -2.51. The van der Waals surface area contributed by atoms with E-state index < -0.39 is 11.5 Å². The molecule has 1 saturated heterocycles. The Morgan fingerprint density at radius 2 is 1.68 bits per heavy atom. The molecule has 2 amide bonds. The third-order valence-electron chi connectivity index (χ3n) is 8.39. The van der Waals surface area contributed by atoms with Crippen molar-refractivity contribution in [3.8, 4) is 16.9 Å². The van der Waals surface area contributed by atoms with Gasteiger partial charge in [0.25, 0.3) is 0 Å². The van der Waals surface area contributed by atoms with Crippen molar-refractivity contribution in [1.29, 1.82) is 0 Å². The van der Waals surface area contributed by atoms with Crippen molar-refractivity contribution in [2.75, 3.05) is 13.1 Å². The molecule has 1 N–H and O–H groups in total. The molecule has 0 radical (unpaired) electrons. The van der Waals surface area contributed by atoms with Crippen LogP contribution in [0, 0.1) is 19.8 Å². The zero-order chi connectivity index (χ0) is 29.3. The van der Waals surface area contributed by atoms with Crippen LogP contribution in [0.3, 0.4) is 0 Å². The zero-order valence-electron chi connectivity index (χ0n) is 24.9. The first-order valence-electron chi connectivity index (χ1n) is 14.7. The number of aromatic hydroxyl groups is 1. The van der Waals surface area contributed by atoms with E-state index in [1.807, 2.05) is 56.0 Å². The molecule has 5 rings (SSSR count). The van der Waals surface area contributed by atoms with E-state index in [0.717, 1.165) is 35.1 Å². The topological polar surface area (TPSA) is 70.1 Å². The number of amides is 2. The van der Waals surface area contributed by atoms with Gasteiger partial charge in [-0.2, -0.15) is 0 Å². The van der Waals surface area contributed by atoms with Crippen molar-refractivity contribution in [1.82, 2.24) is 9.80 Å². The molecule has 6 heteroatoms. The average molecular weight is 555 g/mol. The van der Waals surface area contributed by atoms with Gasteiger partial charge in [0, 0.05) is 25.7 Å². The van der Waals surface area contributed by atoms with Crippen molar-refractivity contribution in [3.05, 3.63) is 89.0 Å². The Morgan fingerprint density at radius 1 is 0.951 bits per heavy atom. The number of hydrogen-bond acceptors (Lipinski definition) is 4. The number of nitrogens with zero attached hydrogens (tertiary/aromatic N) is 2. The van der Waals surface area contributed by atoms with Crippen LogP contribution in [0.4, 0.5) is 4.79 Å². The van der Waals surface area contributed by atoms with Crippen LogP contribution in [0.5, 0.6) is 5.75 Å². The molecule has 1 unspecified atom stereocenters. The maximum atomic E-state index is 14.5. The summed E-state index contributed by atoms with van der Waals surface area (Å²) in [6.07, 6.45) is 2.21. The first-order chi connectivity index (χ1) is 19.5. The number of benzene rings is 3. The number of hydrogen-bond donors (Lipinski definition) is 1. The second kappa shape index (κ2) is 11.6. The molecule has 1 heterocycles. The fourth-order valence-electron chi connectivity index (χ4n) is 5.89. The molecule has 0 spiro atoms. The van der Waals surface area contributed by atoms with Gasteiger partial charge in [-0.3, -0.25) is 4.79 Å². The van der Waals surface area contributed by atoms with Gasteiger partial charge in [0.15, 0.2) is 0 Å². The number of piperidine rings is 1. The molecule has 1 aliphatic heterocycles. The van der Waals surface area contributed by atoms with Crippen molar-refractivity contribution >= 4 is 12.0 Å². The van der Waals surface area contributed by atoms with Crippen LogP contribution in [-0.4, -0.2) is 51.6 Å². The number of aryl methyl sites for hydroxylation is 1. The first-order valence-corrected chi connectivity index (χ1v) is 14.7. The number of carbonyl (C=O) groups excluding carboxylic acids is 2. The van der Waals surface area contributed by atoms with E-state index in [2.05, 4.69) is 38.1 Å². The SMILES string of the molecule is Cc1cccc(CN(C(=O)C2CN(C(=O)OC(C)(C)C)CC[C@@H]2c2cc(O)cc(-c3ccccc3)c2)C2CC2)c1C. The van der Waals surface area contributed by atoms with Gasteiger partial charge in [-0.1, -0.05) is 54.6 Å². The average Bonchev–Trinajstić information content (AvgIpc) is 3.78. The predicted molar refractivity (Wildman–Crippen MR) is 162 cm³/mol. The quantitative estimate of drug-likeness (QED) is 0.350. The van der Waals surface area contributed by atoms with Crippen molar-refractivity contribution in [2.24, 2.45) is 5.92 Å².